The van der Waals surface area contributed by atoms with Crippen molar-refractivity contribution in [2.24, 2.45) is 0 Å². The van der Waals surface area contributed by atoms with Gasteiger partial charge in [-0.2, -0.15) is 9.99 Å². The third kappa shape index (κ3) is 3.79. The number of hydrazine groups is 1. The molecule has 2 aliphatic heterocycles. The average molecular weight is 502 g/mol. The Morgan fingerprint density at radius 2 is 2.00 bits per heavy atom. The van der Waals surface area contributed by atoms with E-state index >= 15 is 0 Å². The lowest BCUT2D eigenvalue weighted by molar-refractivity contribution is 0.0104. The standard InChI is InChI=1S/C28H32FN7O/c1-27(2)22-6-3-18(13-17(22)7-12-32-27)33-26-31-15-21-24(34-26)35(36(25(21)37)19-4-5-19)20-8-11-30-23(14-20)28(16-29)9-10-28/h3,6,8,11,13-15,19,25,32,37H,4-5,7,9-10,12,16H2,1-2H3,(H,31,33,34). The summed E-state index contributed by atoms with van der Waals surface area (Å²) in [5.41, 5.74) is 5.32. The van der Waals surface area contributed by atoms with Crippen LogP contribution in [0, 0.1) is 0 Å². The predicted molar refractivity (Wildman–Crippen MR) is 140 cm³/mol. The molecule has 4 aliphatic rings. The van der Waals surface area contributed by atoms with Gasteiger partial charge in [-0.25, -0.2) is 4.98 Å². The number of alkyl halides is 1. The molecule has 0 spiro atoms. The van der Waals surface area contributed by atoms with Crippen LogP contribution in [-0.4, -0.2) is 44.3 Å². The van der Waals surface area contributed by atoms with E-state index in [9.17, 15) is 9.50 Å². The highest BCUT2D eigenvalue weighted by atomic mass is 19.1. The number of halogens is 1. The summed E-state index contributed by atoms with van der Waals surface area (Å²) in [5.74, 6) is 1.11. The van der Waals surface area contributed by atoms with Crippen molar-refractivity contribution < 1.29 is 9.50 Å². The summed E-state index contributed by atoms with van der Waals surface area (Å²) >= 11 is 0. The van der Waals surface area contributed by atoms with Crippen molar-refractivity contribution in [3.05, 3.63) is 65.1 Å². The van der Waals surface area contributed by atoms with Crippen LogP contribution in [0.2, 0.25) is 0 Å². The van der Waals surface area contributed by atoms with E-state index in [1.54, 1.807) is 12.4 Å². The van der Waals surface area contributed by atoms with Crippen molar-refractivity contribution in [2.45, 2.75) is 69.2 Å². The topological polar surface area (TPSA) is 89.4 Å². The highest BCUT2D eigenvalue weighted by Crippen LogP contribution is 2.51. The van der Waals surface area contributed by atoms with E-state index in [1.807, 2.05) is 22.2 Å². The monoisotopic (exact) mass is 501 g/mol. The predicted octanol–water partition coefficient (Wildman–Crippen LogP) is 4.52. The summed E-state index contributed by atoms with van der Waals surface area (Å²) in [5, 5.41) is 22.1. The van der Waals surface area contributed by atoms with E-state index < -0.39 is 18.3 Å². The van der Waals surface area contributed by atoms with E-state index in [1.165, 1.54) is 11.1 Å². The number of pyridine rings is 1. The van der Waals surface area contributed by atoms with Crippen LogP contribution in [0.1, 0.15) is 68.1 Å². The third-order valence-corrected chi connectivity index (χ3v) is 8.31. The molecule has 192 valence electrons. The quantitative estimate of drug-likeness (QED) is 0.454. The van der Waals surface area contributed by atoms with Crippen molar-refractivity contribution >= 4 is 23.1 Å². The van der Waals surface area contributed by atoms with Crippen LogP contribution in [0.5, 0.6) is 0 Å². The molecule has 1 aromatic carbocycles. The first-order chi connectivity index (χ1) is 17.9. The van der Waals surface area contributed by atoms with Gasteiger partial charge in [-0.15, -0.1) is 0 Å². The lowest BCUT2D eigenvalue weighted by Gasteiger charge is -2.34. The number of nitrogens with one attached hydrogen (secondary N) is 2. The number of aliphatic hydroxyl groups is 1. The summed E-state index contributed by atoms with van der Waals surface area (Å²) in [6, 6.07) is 10.5. The van der Waals surface area contributed by atoms with Gasteiger partial charge in [0.15, 0.2) is 12.0 Å². The van der Waals surface area contributed by atoms with Gasteiger partial charge in [-0.05, 0) is 87.9 Å². The van der Waals surface area contributed by atoms with Crippen LogP contribution in [0.15, 0.2) is 42.7 Å². The van der Waals surface area contributed by atoms with Gasteiger partial charge in [0.2, 0.25) is 5.95 Å². The lowest BCUT2D eigenvalue weighted by atomic mass is 9.85. The number of aliphatic hydroxyl groups excluding tert-OH is 1. The Hall–Kier alpha value is -3.14. The Balaban J connectivity index is 1.24. The van der Waals surface area contributed by atoms with Gasteiger partial charge < -0.3 is 15.7 Å². The number of hydrogen-bond acceptors (Lipinski definition) is 8. The molecule has 1 atom stereocenters. The zero-order chi connectivity index (χ0) is 25.4. The number of aromatic nitrogens is 3. The van der Waals surface area contributed by atoms with Crippen LogP contribution in [-0.2, 0) is 17.4 Å². The Labute approximate surface area is 215 Å². The first-order valence-corrected chi connectivity index (χ1v) is 13.2. The largest absolute Gasteiger partial charge is 0.372 e. The molecule has 1 unspecified atom stereocenters. The molecule has 2 fully saturated rings. The molecule has 2 aromatic heterocycles. The van der Waals surface area contributed by atoms with Gasteiger partial charge in [0.25, 0.3) is 0 Å². The molecule has 8 nitrogen and oxygen atoms in total. The van der Waals surface area contributed by atoms with E-state index in [0.29, 0.717) is 17.3 Å². The number of benzene rings is 1. The first kappa shape index (κ1) is 23.0. The zero-order valence-corrected chi connectivity index (χ0v) is 21.2. The maximum absolute atomic E-state index is 13.8. The van der Waals surface area contributed by atoms with Gasteiger partial charge in [0.1, 0.15) is 6.67 Å². The van der Waals surface area contributed by atoms with E-state index in [4.69, 9.17) is 4.98 Å². The summed E-state index contributed by atoms with van der Waals surface area (Å²) in [6.45, 7) is 4.95. The Morgan fingerprint density at radius 3 is 2.76 bits per heavy atom. The minimum atomic E-state index is -0.831. The van der Waals surface area contributed by atoms with Crippen molar-refractivity contribution in [1.82, 2.24) is 25.3 Å². The smallest absolute Gasteiger partial charge is 0.229 e. The molecule has 0 bridgehead atoms. The van der Waals surface area contributed by atoms with Crippen LogP contribution >= 0.6 is 0 Å². The van der Waals surface area contributed by atoms with Crippen LogP contribution in [0.3, 0.4) is 0 Å². The number of nitrogens with zero attached hydrogens (tertiary/aromatic N) is 5. The molecule has 2 aliphatic carbocycles. The second-order valence-electron chi connectivity index (χ2n) is 11.4. The molecule has 0 saturated heterocycles. The fourth-order valence-electron chi connectivity index (χ4n) is 5.79. The Kier molecular flexibility index (Phi) is 5.09. The average Bonchev–Trinajstić information content (AvgIpc) is 3.82. The molecule has 9 heteroatoms. The minimum Gasteiger partial charge on any atom is -0.372 e. The fraction of sp³-hybridized carbons (Fsp3) is 0.464. The van der Waals surface area contributed by atoms with E-state index in [-0.39, 0.29) is 11.6 Å². The number of hydrogen-bond donors (Lipinski definition) is 3. The number of anilines is 4. The van der Waals surface area contributed by atoms with Gasteiger partial charge in [0.05, 0.1) is 16.9 Å². The van der Waals surface area contributed by atoms with Crippen LogP contribution in [0.25, 0.3) is 0 Å². The number of rotatable bonds is 6. The summed E-state index contributed by atoms with van der Waals surface area (Å²) in [7, 11) is 0. The molecule has 4 heterocycles. The highest BCUT2D eigenvalue weighted by Gasteiger charge is 2.48. The van der Waals surface area contributed by atoms with E-state index in [2.05, 4.69) is 52.6 Å². The molecule has 3 aromatic rings. The maximum Gasteiger partial charge on any atom is 0.229 e. The number of fused-ring (bicyclic) bond motifs is 2. The normalized spacial score (nSPS) is 23.5. The SMILES string of the molecule is CC1(C)NCCc2cc(Nc3ncc4c(n3)N(c3ccnc(C5(CF)CC5)c3)N(C3CC3)C4O)ccc21. The molecular formula is C28H32FN7O. The minimum absolute atomic E-state index is 0.0519. The summed E-state index contributed by atoms with van der Waals surface area (Å²) in [6.07, 6.45) is 7.23. The fourth-order valence-corrected chi connectivity index (χ4v) is 5.79. The van der Waals surface area contributed by atoms with Gasteiger partial charge in [0, 0.05) is 35.1 Å². The zero-order valence-electron chi connectivity index (χ0n) is 21.2. The third-order valence-electron chi connectivity index (χ3n) is 8.31. The molecule has 37 heavy (non-hydrogen) atoms. The second-order valence-corrected chi connectivity index (χ2v) is 11.4. The summed E-state index contributed by atoms with van der Waals surface area (Å²) in [4.78, 5) is 13.9. The second kappa shape index (κ2) is 8.18. The van der Waals surface area contributed by atoms with Gasteiger partial charge >= 0.3 is 0 Å². The summed E-state index contributed by atoms with van der Waals surface area (Å²) < 4.78 is 13.8. The lowest BCUT2D eigenvalue weighted by Crippen LogP contribution is -2.42. The Bertz CT molecular complexity index is 1370. The molecule has 7 rings (SSSR count). The highest BCUT2D eigenvalue weighted by molar-refractivity contribution is 5.68. The van der Waals surface area contributed by atoms with Crippen molar-refractivity contribution in [1.29, 1.82) is 0 Å². The molecule has 2 saturated carbocycles. The van der Waals surface area contributed by atoms with Crippen LogP contribution < -0.4 is 15.6 Å². The Morgan fingerprint density at radius 1 is 1.16 bits per heavy atom. The van der Waals surface area contributed by atoms with Gasteiger partial charge in [-0.3, -0.25) is 14.4 Å². The van der Waals surface area contributed by atoms with E-state index in [0.717, 1.165) is 55.7 Å². The van der Waals surface area contributed by atoms with Gasteiger partial charge in [-0.1, -0.05) is 6.07 Å². The molecule has 0 amide bonds. The maximum atomic E-state index is 13.8. The first-order valence-electron chi connectivity index (χ1n) is 13.2. The molecular weight excluding hydrogens is 469 g/mol. The van der Waals surface area contributed by atoms with Crippen molar-refractivity contribution in [2.75, 3.05) is 23.5 Å². The molecule has 0 radical (unpaired) electrons. The van der Waals surface area contributed by atoms with Crippen molar-refractivity contribution in [3.8, 4) is 0 Å². The van der Waals surface area contributed by atoms with Crippen molar-refractivity contribution in [3.63, 3.8) is 0 Å². The molecule has 3 N–H and O–H groups in total. The van der Waals surface area contributed by atoms with Crippen LogP contribution in [0.4, 0.5) is 27.5 Å².